The first kappa shape index (κ1) is 13.8. The number of hydrogen-bond donors (Lipinski definition) is 2. The second-order valence-electron chi connectivity index (χ2n) is 3.78. The highest BCUT2D eigenvalue weighted by Gasteiger charge is 2.14. The third-order valence-corrected chi connectivity index (χ3v) is 3.27. The maximum atomic E-state index is 13.6. The predicted molar refractivity (Wildman–Crippen MR) is 77.9 cm³/mol. The van der Waals surface area contributed by atoms with Gasteiger partial charge in [0.1, 0.15) is 5.82 Å². The number of nitrogens with two attached hydrogens (primary N) is 1. The highest BCUT2D eigenvalue weighted by atomic mass is 79.9. The van der Waals surface area contributed by atoms with Crippen LogP contribution in [0.5, 0.6) is 0 Å². The van der Waals surface area contributed by atoms with E-state index in [1.54, 1.807) is 18.2 Å². The summed E-state index contributed by atoms with van der Waals surface area (Å²) >= 11 is 9.08. The molecule has 0 aliphatic carbocycles. The summed E-state index contributed by atoms with van der Waals surface area (Å²) in [5.74, 6) is -1.12. The van der Waals surface area contributed by atoms with Crippen LogP contribution >= 0.6 is 27.5 Å². The summed E-state index contributed by atoms with van der Waals surface area (Å²) in [6, 6.07) is 8.98. The second-order valence-corrected chi connectivity index (χ2v) is 5.11. The van der Waals surface area contributed by atoms with E-state index in [2.05, 4.69) is 21.2 Å². The van der Waals surface area contributed by atoms with E-state index >= 15 is 0 Å². The van der Waals surface area contributed by atoms with Crippen molar-refractivity contribution in [2.75, 3.05) is 11.1 Å². The largest absolute Gasteiger partial charge is 0.398 e. The van der Waals surface area contributed by atoms with Gasteiger partial charge in [0.15, 0.2) is 0 Å². The van der Waals surface area contributed by atoms with Crippen molar-refractivity contribution in [3.8, 4) is 0 Å². The Bertz CT molecular complexity index is 628. The summed E-state index contributed by atoms with van der Waals surface area (Å²) in [5, 5.41) is 2.54. The molecule has 2 aromatic carbocycles. The molecule has 0 fully saturated rings. The van der Waals surface area contributed by atoms with Gasteiger partial charge >= 0.3 is 0 Å². The first-order valence-electron chi connectivity index (χ1n) is 5.29. The van der Waals surface area contributed by atoms with E-state index < -0.39 is 11.7 Å². The summed E-state index contributed by atoms with van der Waals surface area (Å²) < 4.78 is 14.3. The van der Waals surface area contributed by atoms with Crippen molar-refractivity contribution in [2.45, 2.75) is 0 Å². The number of amides is 1. The molecular weight excluding hydrogens is 335 g/mol. The maximum Gasteiger partial charge on any atom is 0.257 e. The van der Waals surface area contributed by atoms with E-state index in [1.807, 2.05) is 0 Å². The Labute approximate surface area is 122 Å². The van der Waals surface area contributed by atoms with Gasteiger partial charge in [0.05, 0.1) is 16.3 Å². The van der Waals surface area contributed by atoms with E-state index in [1.165, 1.54) is 18.2 Å². The van der Waals surface area contributed by atoms with E-state index in [0.717, 1.165) is 4.47 Å². The van der Waals surface area contributed by atoms with Crippen molar-refractivity contribution in [3.63, 3.8) is 0 Å². The van der Waals surface area contributed by atoms with Crippen LogP contribution < -0.4 is 11.1 Å². The molecule has 0 heterocycles. The minimum absolute atomic E-state index is 0.0588. The SMILES string of the molecule is Nc1cc(Br)ccc1C(=O)Nc1c(F)cccc1Cl. The Kier molecular flexibility index (Phi) is 4.07. The van der Waals surface area contributed by atoms with Crippen LogP contribution in [-0.2, 0) is 0 Å². The molecular formula is C13H9BrClFN2O. The lowest BCUT2D eigenvalue weighted by atomic mass is 10.1. The number of nitrogens with one attached hydrogen (secondary N) is 1. The number of para-hydroxylation sites is 1. The molecule has 0 bridgehead atoms. The van der Waals surface area contributed by atoms with Gasteiger partial charge in [0.2, 0.25) is 0 Å². The van der Waals surface area contributed by atoms with Crippen molar-refractivity contribution >= 4 is 44.8 Å². The summed E-state index contributed by atoms with van der Waals surface area (Å²) in [5.41, 5.74) is 6.22. The van der Waals surface area contributed by atoms with Gasteiger partial charge in [0.25, 0.3) is 5.91 Å². The van der Waals surface area contributed by atoms with Crippen LogP contribution in [0.1, 0.15) is 10.4 Å². The quantitative estimate of drug-likeness (QED) is 0.807. The normalized spacial score (nSPS) is 10.3. The molecule has 2 aromatic rings. The molecule has 3 N–H and O–H groups in total. The summed E-state index contributed by atoms with van der Waals surface area (Å²) in [6.07, 6.45) is 0. The Morgan fingerprint density at radius 3 is 2.68 bits per heavy atom. The zero-order chi connectivity index (χ0) is 14.0. The van der Waals surface area contributed by atoms with Crippen LogP contribution in [0.2, 0.25) is 5.02 Å². The number of anilines is 2. The van der Waals surface area contributed by atoms with Crippen LogP contribution in [0.4, 0.5) is 15.8 Å². The Balaban J connectivity index is 2.31. The Morgan fingerprint density at radius 1 is 1.32 bits per heavy atom. The minimum atomic E-state index is -0.600. The van der Waals surface area contributed by atoms with Gasteiger partial charge in [-0.2, -0.15) is 0 Å². The average Bonchev–Trinajstić information content (AvgIpc) is 2.33. The van der Waals surface area contributed by atoms with Crippen LogP contribution in [-0.4, -0.2) is 5.91 Å². The fraction of sp³-hybridized carbons (Fsp3) is 0. The molecule has 6 heteroatoms. The predicted octanol–water partition coefficient (Wildman–Crippen LogP) is 4.08. The van der Waals surface area contributed by atoms with Crippen molar-refractivity contribution in [2.24, 2.45) is 0 Å². The first-order chi connectivity index (χ1) is 8.99. The van der Waals surface area contributed by atoms with Gasteiger partial charge in [-0.25, -0.2) is 4.39 Å². The molecule has 3 nitrogen and oxygen atoms in total. The summed E-state index contributed by atoms with van der Waals surface area (Å²) in [7, 11) is 0. The van der Waals surface area contributed by atoms with Gasteiger partial charge < -0.3 is 11.1 Å². The maximum absolute atomic E-state index is 13.6. The number of carbonyl (C=O) groups excluding carboxylic acids is 1. The molecule has 0 unspecified atom stereocenters. The van der Waals surface area contributed by atoms with Gasteiger partial charge in [-0.1, -0.05) is 33.6 Å². The fourth-order valence-corrected chi connectivity index (χ4v) is 2.13. The molecule has 0 radical (unpaired) electrons. The summed E-state index contributed by atoms with van der Waals surface area (Å²) in [4.78, 5) is 12.0. The van der Waals surface area contributed by atoms with Crippen LogP contribution in [0.25, 0.3) is 0 Å². The van der Waals surface area contributed by atoms with Gasteiger partial charge in [-0.05, 0) is 30.3 Å². The molecule has 2 rings (SSSR count). The number of benzene rings is 2. The first-order valence-corrected chi connectivity index (χ1v) is 6.46. The Hall–Kier alpha value is -1.59. The monoisotopic (exact) mass is 342 g/mol. The highest BCUT2D eigenvalue weighted by Crippen LogP contribution is 2.26. The molecule has 0 atom stereocenters. The topological polar surface area (TPSA) is 55.1 Å². The zero-order valence-corrected chi connectivity index (χ0v) is 11.9. The molecule has 0 aliphatic heterocycles. The van der Waals surface area contributed by atoms with Gasteiger partial charge in [0, 0.05) is 10.2 Å². The molecule has 0 spiro atoms. The number of carbonyl (C=O) groups is 1. The zero-order valence-electron chi connectivity index (χ0n) is 9.58. The standard InChI is InChI=1S/C13H9BrClFN2O/c14-7-4-5-8(11(17)6-7)13(19)18-12-9(15)2-1-3-10(12)16/h1-6H,17H2,(H,18,19). The number of nitrogen functional groups attached to an aromatic ring is 1. The van der Waals surface area contributed by atoms with Gasteiger partial charge in [-0.15, -0.1) is 0 Å². The van der Waals surface area contributed by atoms with Crippen LogP contribution in [0.3, 0.4) is 0 Å². The number of hydrogen-bond acceptors (Lipinski definition) is 2. The van der Waals surface area contributed by atoms with Crippen molar-refractivity contribution in [1.82, 2.24) is 0 Å². The van der Waals surface area contributed by atoms with E-state index in [-0.39, 0.29) is 16.3 Å². The number of rotatable bonds is 2. The van der Waals surface area contributed by atoms with Crippen molar-refractivity contribution in [1.29, 1.82) is 0 Å². The smallest absolute Gasteiger partial charge is 0.257 e. The van der Waals surface area contributed by atoms with Crippen molar-refractivity contribution < 1.29 is 9.18 Å². The van der Waals surface area contributed by atoms with Crippen molar-refractivity contribution in [3.05, 3.63) is 57.3 Å². The molecule has 19 heavy (non-hydrogen) atoms. The lowest BCUT2D eigenvalue weighted by Crippen LogP contribution is -2.15. The Morgan fingerprint density at radius 2 is 2.05 bits per heavy atom. The molecule has 0 aromatic heterocycles. The molecule has 0 aliphatic rings. The fourth-order valence-electron chi connectivity index (χ4n) is 1.54. The number of halogens is 3. The molecule has 1 amide bonds. The van der Waals surface area contributed by atoms with E-state index in [4.69, 9.17) is 17.3 Å². The van der Waals surface area contributed by atoms with Crippen LogP contribution in [0.15, 0.2) is 40.9 Å². The minimum Gasteiger partial charge on any atom is -0.398 e. The lowest BCUT2D eigenvalue weighted by Gasteiger charge is -2.10. The average molecular weight is 344 g/mol. The molecule has 0 saturated heterocycles. The molecule has 98 valence electrons. The highest BCUT2D eigenvalue weighted by molar-refractivity contribution is 9.10. The third kappa shape index (κ3) is 3.05. The van der Waals surface area contributed by atoms with Crippen LogP contribution in [0, 0.1) is 5.82 Å². The van der Waals surface area contributed by atoms with Gasteiger partial charge in [-0.3, -0.25) is 4.79 Å². The summed E-state index contributed by atoms with van der Waals surface area (Å²) in [6.45, 7) is 0. The molecule has 0 saturated carbocycles. The second kappa shape index (κ2) is 5.59. The van der Waals surface area contributed by atoms with E-state index in [0.29, 0.717) is 5.69 Å². The third-order valence-electron chi connectivity index (χ3n) is 2.46. The van der Waals surface area contributed by atoms with E-state index in [9.17, 15) is 9.18 Å². The lowest BCUT2D eigenvalue weighted by molar-refractivity contribution is 0.102.